The molecule has 2 aliphatic carbocycles. The van der Waals surface area contributed by atoms with Crippen LogP contribution in [0.1, 0.15) is 66.2 Å². The Labute approximate surface area is 213 Å². The van der Waals surface area contributed by atoms with E-state index in [1.54, 1.807) is 22.3 Å². The molecule has 0 unspecified atom stereocenters. The molecule has 15 heteroatoms. The van der Waals surface area contributed by atoms with Gasteiger partial charge in [0.1, 0.15) is 0 Å². The molecule has 2 rings (SSSR count). The van der Waals surface area contributed by atoms with E-state index in [1.165, 1.54) is 38.5 Å². The molecule has 0 saturated carbocycles. The van der Waals surface area contributed by atoms with Crippen molar-refractivity contribution in [3.05, 3.63) is 41.0 Å². The summed E-state index contributed by atoms with van der Waals surface area (Å²) in [6.45, 7) is 9.25. The van der Waals surface area contributed by atoms with Gasteiger partial charge >= 0.3 is 141 Å². The van der Waals surface area contributed by atoms with E-state index in [0.29, 0.717) is 0 Å². The summed E-state index contributed by atoms with van der Waals surface area (Å²) in [6, 6.07) is 0. The summed E-state index contributed by atoms with van der Waals surface area (Å²) >= 11 is -0.495. The molecule has 0 atom stereocenters. The Bertz CT molecular complexity index is 996. The fourth-order valence-electron chi connectivity index (χ4n) is 3.11. The van der Waals surface area contributed by atoms with Crippen LogP contribution in [0.3, 0.4) is 0 Å². The number of allylic oxidation sites excluding steroid dienone is 8. The molecule has 0 aromatic heterocycles. The predicted octanol–water partition coefficient (Wildman–Crippen LogP) is 5.98. The second-order valence-electron chi connectivity index (χ2n) is 7.52. The Balaban J connectivity index is 0.000000601. The van der Waals surface area contributed by atoms with E-state index in [4.69, 9.17) is 25.9 Å². The number of alkyl halides is 6. The van der Waals surface area contributed by atoms with Gasteiger partial charge in [0.25, 0.3) is 0 Å². The monoisotopic (exact) mass is 630 g/mol. The third-order valence-electron chi connectivity index (χ3n) is 4.77. The largest absolute Gasteiger partial charge is 0.741 e. The molecule has 0 spiro atoms. The number of hydrogen-bond acceptors (Lipinski definition) is 6. The minimum absolute atomic E-state index is 0.495. The maximum Gasteiger partial charge on any atom is 0.485 e. The smallest absolute Gasteiger partial charge is 0.485 e. The van der Waals surface area contributed by atoms with Gasteiger partial charge in [-0.15, -0.1) is 0 Å². The summed E-state index contributed by atoms with van der Waals surface area (Å²) in [5.41, 5.74) is -4.65. The van der Waals surface area contributed by atoms with Crippen LogP contribution in [-0.4, -0.2) is 37.0 Å². The molecule has 2 aliphatic rings. The molecule has 0 saturated heterocycles. The molecule has 0 aliphatic heterocycles. The summed E-state index contributed by atoms with van der Waals surface area (Å²) in [5.74, 6) is 0. The Hall–Kier alpha value is -0.757. The fraction of sp³-hybridized carbons (Fsp3) is 0.600. The van der Waals surface area contributed by atoms with Crippen molar-refractivity contribution in [2.24, 2.45) is 0 Å². The summed E-state index contributed by atoms with van der Waals surface area (Å²) in [6.07, 6.45) is 12.7. The molecule has 0 fully saturated rings. The fourth-order valence-corrected chi connectivity index (χ4v) is 7.33. The van der Waals surface area contributed by atoms with Crippen LogP contribution in [0.25, 0.3) is 0 Å². The Morgan fingerprint density at radius 2 is 1.00 bits per heavy atom. The van der Waals surface area contributed by atoms with Crippen LogP contribution in [0.2, 0.25) is 0 Å². The van der Waals surface area contributed by atoms with Crippen molar-refractivity contribution in [3.8, 4) is 0 Å². The molecule has 35 heavy (non-hydrogen) atoms. The zero-order valence-electron chi connectivity index (χ0n) is 19.4. The molecule has 200 valence electrons. The molecule has 6 nitrogen and oxygen atoms in total. The van der Waals surface area contributed by atoms with Crippen LogP contribution in [-0.2, 0) is 43.5 Å². The summed E-state index contributed by atoms with van der Waals surface area (Å²) in [5, 5.41) is 0. The van der Waals surface area contributed by atoms with E-state index in [0.717, 1.165) is 0 Å². The van der Waals surface area contributed by atoms with E-state index in [-0.39, 0.29) is 0 Å². The van der Waals surface area contributed by atoms with E-state index >= 15 is 0 Å². The summed E-state index contributed by atoms with van der Waals surface area (Å²) in [7, 11) is -12.2. The van der Waals surface area contributed by atoms with Gasteiger partial charge < -0.3 is 9.11 Å². The second kappa shape index (κ2) is 13.7. The van der Waals surface area contributed by atoms with Gasteiger partial charge in [0.05, 0.1) is 0 Å². The van der Waals surface area contributed by atoms with Crippen molar-refractivity contribution in [2.75, 3.05) is 0 Å². The molecule has 0 aromatic carbocycles. The molecule has 0 aromatic rings. The molecule has 0 radical (unpaired) electrons. The third-order valence-corrected chi connectivity index (χ3v) is 9.88. The first-order valence-corrected chi connectivity index (χ1v) is 15.5. The standard InChI is InChI=1S/2C9H13.2CHF3O3S.Zr/c2*1-3-5-9-7-4-6-8(9)2;2*2-1(3,4)8(5,6)7;/h2*6H,3-5H2,1-2H3;2*(H,5,6,7);/q;;;;+2/p-2. The van der Waals surface area contributed by atoms with Crippen molar-refractivity contribution >= 4 is 20.2 Å². The van der Waals surface area contributed by atoms with Crippen LogP contribution in [0.15, 0.2) is 41.0 Å². The van der Waals surface area contributed by atoms with Gasteiger partial charge in [0, 0.05) is 0 Å². The number of hydrogen-bond donors (Lipinski definition) is 0. The van der Waals surface area contributed by atoms with Crippen LogP contribution in [0.4, 0.5) is 26.3 Å². The van der Waals surface area contributed by atoms with Gasteiger partial charge in [0.2, 0.25) is 0 Å². The minimum atomic E-state index is -6.09. The SMILES string of the molecule is CCCC1=[C]([Zr+2][C]2=C(CCC)C(C)=CC2)CC=C1C.O=S(=O)([O-])C(F)(F)F.O=S(=O)([O-])C(F)(F)F. The van der Waals surface area contributed by atoms with Gasteiger partial charge in [-0.2, -0.15) is 26.3 Å². The quantitative estimate of drug-likeness (QED) is 0.202. The first-order valence-electron chi connectivity index (χ1n) is 10.3. The summed E-state index contributed by atoms with van der Waals surface area (Å²) in [4.78, 5) is 0. The zero-order valence-corrected chi connectivity index (χ0v) is 23.5. The van der Waals surface area contributed by atoms with E-state index in [9.17, 15) is 26.3 Å². The van der Waals surface area contributed by atoms with E-state index in [2.05, 4.69) is 39.8 Å². The van der Waals surface area contributed by atoms with Crippen molar-refractivity contribution in [1.82, 2.24) is 0 Å². The summed E-state index contributed by atoms with van der Waals surface area (Å²) < 4.78 is 122. The average molecular weight is 632 g/mol. The van der Waals surface area contributed by atoms with Gasteiger partial charge in [0.15, 0.2) is 20.2 Å². The third kappa shape index (κ3) is 11.4. The first-order chi connectivity index (χ1) is 15.7. The van der Waals surface area contributed by atoms with Gasteiger partial charge in [-0.25, -0.2) is 16.8 Å². The Kier molecular flexibility index (Phi) is 13.4. The topological polar surface area (TPSA) is 114 Å². The van der Waals surface area contributed by atoms with Crippen LogP contribution in [0.5, 0.6) is 0 Å². The molecular weight excluding hydrogens is 606 g/mol. The zero-order chi connectivity index (χ0) is 27.8. The van der Waals surface area contributed by atoms with Crippen molar-refractivity contribution in [2.45, 2.75) is 77.2 Å². The number of rotatable bonds is 6. The maximum absolute atomic E-state index is 10.7. The average Bonchev–Trinajstić information content (AvgIpc) is 3.18. The van der Waals surface area contributed by atoms with Crippen LogP contribution in [0, 0.1) is 0 Å². The molecule has 0 bridgehead atoms. The van der Waals surface area contributed by atoms with Crippen LogP contribution >= 0.6 is 0 Å². The van der Waals surface area contributed by atoms with Crippen LogP contribution < -0.4 is 0 Å². The molecule has 0 amide bonds. The molecule has 0 N–H and O–H groups in total. The van der Waals surface area contributed by atoms with Gasteiger partial charge in [-0.05, 0) is 0 Å². The Morgan fingerprint density at radius 1 is 0.743 bits per heavy atom. The van der Waals surface area contributed by atoms with Crippen molar-refractivity contribution in [3.63, 3.8) is 0 Å². The maximum atomic E-state index is 10.7. The van der Waals surface area contributed by atoms with E-state index in [1.807, 2.05) is 6.56 Å². The predicted molar refractivity (Wildman–Crippen MR) is 112 cm³/mol. The van der Waals surface area contributed by atoms with Crippen molar-refractivity contribution < 1.29 is 75.5 Å². The normalized spacial score (nSPS) is 16.7. The van der Waals surface area contributed by atoms with Crippen molar-refractivity contribution in [1.29, 1.82) is 0 Å². The molecule has 0 heterocycles. The number of halogens is 6. The first kappa shape index (κ1) is 34.2. The Morgan fingerprint density at radius 3 is 1.20 bits per heavy atom. The molecular formula is C20H26F6O6S2Zr. The second-order valence-corrected chi connectivity index (χ2v) is 13.8. The van der Waals surface area contributed by atoms with E-state index < -0.39 is 54.5 Å². The van der Waals surface area contributed by atoms with Gasteiger partial charge in [-0.1, -0.05) is 0 Å². The minimum Gasteiger partial charge on any atom is -0.741 e. The van der Waals surface area contributed by atoms with Gasteiger partial charge in [-0.3, -0.25) is 0 Å².